The van der Waals surface area contributed by atoms with Crippen LogP contribution in [0.2, 0.25) is 0 Å². The maximum atomic E-state index is 13.7. The number of hydrogen-bond donors (Lipinski definition) is 1. The van der Waals surface area contributed by atoms with E-state index in [4.69, 9.17) is 0 Å². The number of aromatic nitrogens is 1. The number of hydrogen-bond acceptors (Lipinski definition) is 5. The zero-order valence-electron chi connectivity index (χ0n) is 20.3. The molecule has 3 aromatic carbocycles. The molecular weight excluding hydrogens is 472 g/mol. The van der Waals surface area contributed by atoms with Crippen molar-refractivity contribution in [3.8, 4) is 0 Å². The summed E-state index contributed by atoms with van der Waals surface area (Å²) < 4.78 is 1.29. The summed E-state index contributed by atoms with van der Waals surface area (Å²) in [4.78, 5) is 62.0. The molecule has 0 saturated carbocycles. The highest BCUT2D eigenvalue weighted by Crippen LogP contribution is 2.29. The second-order valence-corrected chi connectivity index (χ2v) is 8.50. The fourth-order valence-electron chi connectivity index (χ4n) is 4.29. The van der Waals surface area contributed by atoms with Gasteiger partial charge in [0, 0.05) is 30.2 Å². The molecule has 0 atom stereocenters. The Hall–Kier alpha value is -4.92. The number of aryl methyl sites for hydroxylation is 1. The summed E-state index contributed by atoms with van der Waals surface area (Å²) in [7, 11) is 3.24. The number of fused-ring (bicyclic) bond motifs is 1. The lowest BCUT2D eigenvalue weighted by atomic mass is 9.96. The third kappa shape index (κ3) is 5.20. The van der Waals surface area contributed by atoms with Gasteiger partial charge in [-0.25, -0.2) is 0 Å². The monoisotopic (exact) mass is 496 g/mol. The molecule has 0 spiro atoms. The van der Waals surface area contributed by atoms with Gasteiger partial charge in [-0.3, -0.25) is 19.2 Å². The predicted octanol–water partition coefficient (Wildman–Crippen LogP) is 3.42. The lowest BCUT2D eigenvalue weighted by molar-refractivity contribution is -0.117. The molecule has 0 aliphatic carbocycles. The summed E-state index contributed by atoms with van der Waals surface area (Å²) >= 11 is 0. The van der Waals surface area contributed by atoms with Crippen molar-refractivity contribution in [2.45, 2.75) is 6.04 Å². The summed E-state index contributed by atoms with van der Waals surface area (Å²) in [6, 6.07) is 25.3. The summed E-state index contributed by atoms with van der Waals surface area (Å²) in [6.07, 6.45) is 0. The molecule has 0 aliphatic heterocycles. The van der Waals surface area contributed by atoms with Crippen molar-refractivity contribution in [2.75, 3.05) is 13.6 Å². The molecule has 0 saturated heterocycles. The van der Waals surface area contributed by atoms with Gasteiger partial charge in [0.1, 0.15) is 12.1 Å². The minimum absolute atomic E-state index is 0.224. The van der Waals surface area contributed by atoms with Crippen LogP contribution in [0, 0.1) is 4.91 Å². The number of nitroso groups, excluding NO2 is 1. The van der Waals surface area contributed by atoms with E-state index in [-0.39, 0.29) is 17.5 Å². The van der Waals surface area contributed by atoms with Gasteiger partial charge in [-0.1, -0.05) is 60.7 Å². The quantitative estimate of drug-likeness (QED) is 0.394. The lowest BCUT2D eigenvalue weighted by Crippen LogP contribution is -2.35. The molecule has 9 nitrogen and oxygen atoms in total. The van der Waals surface area contributed by atoms with Crippen LogP contribution in [0.1, 0.15) is 37.9 Å². The van der Waals surface area contributed by atoms with Crippen LogP contribution in [-0.2, 0) is 11.8 Å². The second kappa shape index (κ2) is 10.8. The molecule has 4 aromatic rings. The van der Waals surface area contributed by atoms with E-state index in [0.29, 0.717) is 16.5 Å². The number of amides is 3. The molecular formula is C28H24N4O5. The number of nitrogens with one attached hydrogen (secondary N) is 1. The Morgan fingerprint density at radius 1 is 0.919 bits per heavy atom. The van der Waals surface area contributed by atoms with E-state index in [1.54, 1.807) is 30.1 Å². The number of rotatable bonds is 7. The summed E-state index contributed by atoms with van der Waals surface area (Å²) in [5.74, 6) is -2.13. The first-order chi connectivity index (χ1) is 17.8. The number of pyridine rings is 1. The first-order valence-corrected chi connectivity index (χ1v) is 11.5. The van der Waals surface area contributed by atoms with Gasteiger partial charge in [0.05, 0.1) is 11.6 Å². The SMILES string of the molecule is CN(C(=O)c1ccc2c(c1)cc(C(=O)NCC(=O)N=O)c(=O)n2C)C(c1ccccc1)c1ccccc1. The van der Waals surface area contributed by atoms with Crippen LogP contribution in [0.3, 0.4) is 0 Å². The van der Waals surface area contributed by atoms with Crippen LogP contribution >= 0.6 is 0 Å². The van der Waals surface area contributed by atoms with Crippen LogP contribution in [0.15, 0.2) is 94.9 Å². The Labute approximate surface area is 212 Å². The zero-order chi connectivity index (χ0) is 26.5. The van der Waals surface area contributed by atoms with Crippen molar-refractivity contribution in [3.63, 3.8) is 0 Å². The van der Waals surface area contributed by atoms with Crippen molar-refractivity contribution in [1.29, 1.82) is 0 Å². The largest absolute Gasteiger partial charge is 0.343 e. The fraction of sp³-hybridized carbons (Fsp3) is 0.143. The predicted molar refractivity (Wildman–Crippen MR) is 139 cm³/mol. The zero-order valence-corrected chi connectivity index (χ0v) is 20.3. The van der Waals surface area contributed by atoms with E-state index in [1.165, 1.54) is 17.7 Å². The van der Waals surface area contributed by atoms with Crippen molar-refractivity contribution < 1.29 is 14.4 Å². The van der Waals surface area contributed by atoms with E-state index < -0.39 is 23.9 Å². The smallest absolute Gasteiger partial charge is 0.305 e. The molecule has 0 unspecified atom stereocenters. The first kappa shape index (κ1) is 25.2. The highest BCUT2D eigenvalue weighted by atomic mass is 16.3. The van der Waals surface area contributed by atoms with Crippen LogP contribution in [0.4, 0.5) is 0 Å². The number of carbonyl (C=O) groups is 3. The van der Waals surface area contributed by atoms with Crippen molar-refractivity contribution in [1.82, 2.24) is 14.8 Å². The molecule has 1 N–H and O–H groups in total. The molecule has 0 bridgehead atoms. The van der Waals surface area contributed by atoms with Gasteiger partial charge in [-0.05, 0) is 35.4 Å². The minimum atomic E-state index is -1.06. The normalized spacial score (nSPS) is 10.8. The molecule has 186 valence electrons. The average Bonchev–Trinajstić information content (AvgIpc) is 2.94. The molecule has 1 heterocycles. The second-order valence-electron chi connectivity index (χ2n) is 8.50. The van der Waals surface area contributed by atoms with Gasteiger partial charge in [0.15, 0.2) is 0 Å². The standard InChI is InChI=1S/C28H24N4O5/c1-31-23-14-13-20(15-21(23)16-22(28(31)36)26(34)29-17-24(33)30-37)27(35)32(2)25(18-9-5-3-6-10-18)19-11-7-4-8-12-19/h3-16,25H,17H2,1-2H3,(H,29,34). The molecule has 9 heteroatoms. The average molecular weight is 497 g/mol. The molecule has 0 fully saturated rings. The Morgan fingerprint density at radius 2 is 1.51 bits per heavy atom. The van der Waals surface area contributed by atoms with Gasteiger partial charge in [0.2, 0.25) is 0 Å². The van der Waals surface area contributed by atoms with E-state index in [2.05, 4.69) is 10.5 Å². The maximum absolute atomic E-state index is 13.7. The number of benzene rings is 3. The Bertz CT molecular complexity index is 1510. The van der Waals surface area contributed by atoms with Gasteiger partial charge >= 0.3 is 5.91 Å². The highest BCUT2D eigenvalue weighted by molar-refractivity contribution is 6.01. The third-order valence-corrected chi connectivity index (χ3v) is 6.16. The van der Waals surface area contributed by atoms with Gasteiger partial charge < -0.3 is 14.8 Å². The van der Waals surface area contributed by atoms with E-state index in [9.17, 15) is 24.1 Å². The van der Waals surface area contributed by atoms with Gasteiger partial charge in [-0.15, -0.1) is 4.91 Å². The molecule has 1 aromatic heterocycles. The summed E-state index contributed by atoms with van der Waals surface area (Å²) in [5.41, 5.74) is 1.99. The van der Waals surface area contributed by atoms with Gasteiger partial charge in [-0.2, -0.15) is 0 Å². The Kier molecular flexibility index (Phi) is 7.34. The van der Waals surface area contributed by atoms with Crippen molar-refractivity contribution in [2.24, 2.45) is 12.2 Å². The van der Waals surface area contributed by atoms with E-state index >= 15 is 0 Å². The third-order valence-electron chi connectivity index (χ3n) is 6.16. The van der Waals surface area contributed by atoms with Crippen LogP contribution in [0.25, 0.3) is 10.9 Å². The molecule has 3 amide bonds. The Balaban J connectivity index is 1.72. The Morgan fingerprint density at radius 3 is 2.08 bits per heavy atom. The number of nitrogens with zero attached hydrogens (tertiary/aromatic N) is 3. The number of carbonyl (C=O) groups excluding carboxylic acids is 3. The summed E-state index contributed by atoms with van der Waals surface area (Å²) in [5, 5.41) is 4.93. The molecule has 0 aliphatic rings. The first-order valence-electron chi connectivity index (χ1n) is 11.5. The minimum Gasteiger partial charge on any atom is -0.343 e. The van der Waals surface area contributed by atoms with Crippen LogP contribution in [0.5, 0.6) is 0 Å². The molecule has 0 radical (unpaired) electrons. The van der Waals surface area contributed by atoms with Crippen LogP contribution in [-0.4, -0.2) is 40.8 Å². The van der Waals surface area contributed by atoms with E-state index in [0.717, 1.165) is 11.1 Å². The maximum Gasteiger partial charge on any atom is 0.305 e. The lowest BCUT2D eigenvalue weighted by Gasteiger charge is -2.29. The molecule has 4 rings (SSSR count). The van der Waals surface area contributed by atoms with Gasteiger partial charge in [0.25, 0.3) is 17.4 Å². The van der Waals surface area contributed by atoms with Crippen LogP contribution < -0.4 is 10.9 Å². The fourth-order valence-corrected chi connectivity index (χ4v) is 4.29. The molecule has 37 heavy (non-hydrogen) atoms. The van der Waals surface area contributed by atoms with E-state index in [1.807, 2.05) is 60.7 Å². The highest BCUT2D eigenvalue weighted by Gasteiger charge is 2.25. The van der Waals surface area contributed by atoms with Crippen molar-refractivity contribution in [3.05, 3.63) is 122 Å². The van der Waals surface area contributed by atoms with Crippen molar-refractivity contribution >= 4 is 28.6 Å². The topological polar surface area (TPSA) is 118 Å². The summed E-state index contributed by atoms with van der Waals surface area (Å²) in [6.45, 7) is -0.618.